The first kappa shape index (κ1) is 19.9. The van der Waals surface area contributed by atoms with E-state index in [1.54, 1.807) is 31.2 Å². The van der Waals surface area contributed by atoms with Gasteiger partial charge >= 0.3 is 5.97 Å². The zero-order chi connectivity index (χ0) is 20.6. The Morgan fingerprint density at radius 3 is 2.45 bits per heavy atom. The van der Waals surface area contributed by atoms with Crippen LogP contribution >= 0.6 is 0 Å². The summed E-state index contributed by atoms with van der Waals surface area (Å²) in [5.74, 6) is -0.382. The zero-order valence-corrected chi connectivity index (χ0v) is 15.7. The summed E-state index contributed by atoms with van der Waals surface area (Å²) in [6, 6.07) is 20.2. The Labute approximate surface area is 167 Å². The van der Waals surface area contributed by atoms with Gasteiger partial charge in [0.15, 0.2) is 12.7 Å². The molecule has 0 bridgehead atoms. The molecule has 0 aliphatic carbocycles. The maximum absolute atomic E-state index is 12.2. The number of carbonyl (C=O) groups is 2. The first-order chi connectivity index (χ1) is 14.0. The minimum absolute atomic E-state index is 0.379. The number of nitrogens with zero attached hydrogens (tertiary/aromatic N) is 1. The number of carbonyl (C=O) groups excluding carboxylic acids is 1. The molecule has 0 fully saturated rings. The van der Waals surface area contributed by atoms with Crippen LogP contribution in [-0.4, -0.2) is 35.9 Å². The molecule has 2 N–H and O–H groups in total. The summed E-state index contributed by atoms with van der Waals surface area (Å²) in [7, 11) is 0. The lowest BCUT2D eigenvalue weighted by atomic mass is 10.1. The number of carboxylic acids is 1. The van der Waals surface area contributed by atoms with Crippen LogP contribution in [0.1, 0.15) is 12.5 Å². The van der Waals surface area contributed by atoms with E-state index in [0.717, 1.165) is 16.3 Å². The average molecular weight is 392 g/mol. The van der Waals surface area contributed by atoms with Crippen molar-refractivity contribution in [2.45, 2.75) is 13.0 Å². The summed E-state index contributed by atoms with van der Waals surface area (Å²) < 4.78 is 10.7. The molecule has 1 amide bonds. The summed E-state index contributed by atoms with van der Waals surface area (Å²) in [5.41, 5.74) is 3.16. The average Bonchev–Trinajstić information content (AvgIpc) is 2.73. The Morgan fingerprint density at radius 2 is 1.72 bits per heavy atom. The fourth-order valence-corrected chi connectivity index (χ4v) is 2.55. The van der Waals surface area contributed by atoms with E-state index < -0.39 is 18.7 Å². The fraction of sp³-hybridized carbons (Fsp3) is 0.136. The first-order valence-corrected chi connectivity index (χ1v) is 8.94. The van der Waals surface area contributed by atoms with Crippen LogP contribution < -0.4 is 14.9 Å². The van der Waals surface area contributed by atoms with Crippen molar-refractivity contribution in [1.29, 1.82) is 0 Å². The van der Waals surface area contributed by atoms with Crippen molar-refractivity contribution in [3.05, 3.63) is 72.3 Å². The molecule has 0 spiro atoms. The molecule has 29 heavy (non-hydrogen) atoms. The van der Waals surface area contributed by atoms with E-state index in [2.05, 4.69) is 10.5 Å². The van der Waals surface area contributed by atoms with Gasteiger partial charge in [-0.3, -0.25) is 4.79 Å². The van der Waals surface area contributed by atoms with Crippen LogP contribution in [0, 0.1) is 0 Å². The number of hydrogen-bond acceptors (Lipinski definition) is 5. The number of carboxylic acid groups (broad SMARTS) is 1. The Balaban J connectivity index is 1.51. The molecule has 3 aromatic rings. The number of hydrazone groups is 1. The van der Waals surface area contributed by atoms with Crippen LogP contribution in [0.5, 0.6) is 11.5 Å². The number of fused-ring (bicyclic) bond motifs is 1. The molecule has 7 heteroatoms. The quantitative estimate of drug-likeness (QED) is 0.453. The Morgan fingerprint density at radius 1 is 1.03 bits per heavy atom. The predicted octanol–water partition coefficient (Wildman–Crippen LogP) is 3.22. The molecule has 0 unspecified atom stereocenters. The van der Waals surface area contributed by atoms with Crippen LogP contribution in [0.4, 0.5) is 0 Å². The topological polar surface area (TPSA) is 97.2 Å². The summed E-state index contributed by atoms with van der Waals surface area (Å²) >= 11 is 0. The van der Waals surface area contributed by atoms with Crippen LogP contribution in [0.2, 0.25) is 0 Å². The Kier molecular flexibility index (Phi) is 6.42. The first-order valence-electron chi connectivity index (χ1n) is 8.94. The number of ether oxygens (including phenoxy) is 2. The molecule has 0 saturated carbocycles. The molecule has 0 aliphatic heterocycles. The van der Waals surface area contributed by atoms with Gasteiger partial charge in [-0.1, -0.05) is 30.3 Å². The lowest BCUT2D eigenvalue weighted by Crippen LogP contribution is -2.33. The highest BCUT2D eigenvalue weighted by Crippen LogP contribution is 2.21. The molecule has 0 aliphatic rings. The number of rotatable bonds is 8. The summed E-state index contributed by atoms with van der Waals surface area (Å²) in [6.45, 7) is 1.24. The largest absolute Gasteiger partial charge is 0.482 e. The lowest BCUT2D eigenvalue weighted by Gasteiger charge is -2.13. The van der Waals surface area contributed by atoms with E-state index in [-0.39, 0.29) is 5.91 Å². The molecule has 0 aromatic heterocycles. The highest BCUT2D eigenvalue weighted by atomic mass is 16.5. The van der Waals surface area contributed by atoms with Crippen molar-refractivity contribution in [1.82, 2.24) is 5.43 Å². The van der Waals surface area contributed by atoms with Crippen molar-refractivity contribution in [2.24, 2.45) is 5.10 Å². The van der Waals surface area contributed by atoms with Crippen molar-refractivity contribution >= 4 is 28.9 Å². The van der Waals surface area contributed by atoms with Gasteiger partial charge in [0.05, 0.1) is 6.21 Å². The number of benzene rings is 3. The van der Waals surface area contributed by atoms with Crippen molar-refractivity contribution in [2.75, 3.05) is 6.61 Å². The lowest BCUT2D eigenvalue weighted by molar-refractivity contribution is -0.139. The van der Waals surface area contributed by atoms with Gasteiger partial charge in [-0.2, -0.15) is 5.10 Å². The second kappa shape index (κ2) is 9.36. The van der Waals surface area contributed by atoms with E-state index in [4.69, 9.17) is 14.6 Å². The van der Waals surface area contributed by atoms with Crippen LogP contribution in [0.3, 0.4) is 0 Å². The third kappa shape index (κ3) is 5.80. The third-order valence-corrected chi connectivity index (χ3v) is 4.03. The van der Waals surface area contributed by atoms with E-state index in [1.807, 2.05) is 42.5 Å². The minimum Gasteiger partial charge on any atom is -0.482 e. The van der Waals surface area contributed by atoms with Gasteiger partial charge in [0.1, 0.15) is 11.5 Å². The molecule has 3 aromatic carbocycles. The third-order valence-electron chi connectivity index (χ3n) is 4.03. The second-order valence-electron chi connectivity index (χ2n) is 6.25. The van der Waals surface area contributed by atoms with Crippen molar-refractivity contribution in [3.63, 3.8) is 0 Å². The Hall–Kier alpha value is -3.87. The molecular formula is C22H20N2O5. The number of hydrogen-bond donors (Lipinski definition) is 2. The van der Waals surface area contributed by atoms with Crippen molar-refractivity contribution in [3.8, 4) is 11.5 Å². The predicted molar refractivity (Wildman–Crippen MR) is 109 cm³/mol. The van der Waals surface area contributed by atoms with Crippen molar-refractivity contribution < 1.29 is 24.2 Å². The van der Waals surface area contributed by atoms with Gasteiger partial charge in [-0.15, -0.1) is 0 Å². The summed E-state index contributed by atoms with van der Waals surface area (Å²) in [4.78, 5) is 22.7. The van der Waals surface area contributed by atoms with Crippen LogP contribution in [-0.2, 0) is 9.59 Å². The molecule has 3 rings (SSSR count). The maximum atomic E-state index is 12.2. The molecule has 0 saturated heterocycles. The van der Waals surface area contributed by atoms with Gasteiger partial charge in [0, 0.05) is 0 Å². The van der Waals surface area contributed by atoms with Gasteiger partial charge < -0.3 is 14.6 Å². The number of amides is 1. The second-order valence-corrected chi connectivity index (χ2v) is 6.25. The normalized spacial score (nSPS) is 11.9. The zero-order valence-electron chi connectivity index (χ0n) is 15.7. The van der Waals surface area contributed by atoms with E-state index in [9.17, 15) is 9.59 Å². The monoisotopic (exact) mass is 392 g/mol. The standard InChI is InChI=1S/C22H20N2O5/c1-15(29-20-11-8-17-4-2-3-5-18(17)12-20)22(27)24-23-13-16-6-9-19(10-7-16)28-14-21(25)26/h2-13,15H,14H2,1H3,(H,24,27)(H,25,26)/b23-13-/t15-/m0/s1. The Bertz CT molecular complexity index is 1030. The highest BCUT2D eigenvalue weighted by Gasteiger charge is 2.14. The van der Waals surface area contributed by atoms with Crippen LogP contribution in [0.25, 0.3) is 10.8 Å². The van der Waals surface area contributed by atoms with Gasteiger partial charge in [-0.05, 0) is 59.7 Å². The van der Waals surface area contributed by atoms with E-state index in [1.165, 1.54) is 6.21 Å². The molecular weight excluding hydrogens is 372 g/mol. The molecule has 1 atom stereocenters. The SMILES string of the molecule is C[C@H](Oc1ccc2ccccc2c1)C(=O)N/N=C\c1ccc(OCC(=O)O)cc1. The highest BCUT2D eigenvalue weighted by molar-refractivity contribution is 5.85. The molecule has 0 heterocycles. The molecule has 7 nitrogen and oxygen atoms in total. The fourth-order valence-electron chi connectivity index (χ4n) is 2.55. The van der Waals surface area contributed by atoms with Gasteiger partial charge in [0.2, 0.25) is 0 Å². The van der Waals surface area contributed by atoms with E-state index >= 15 is 0 Å². The van der Waals surface area contributed by atoms with Gasteiger partial charge in [-0.25, -0.2) is 10.2 Å². The minimum atomic E-state index is -1.04. The number of aliphatic carboxylic acids is 1. The summed E-state index contributed by atoms with van der Waals surface area (Å²) in [5, 5.41) is 14.6. The smallest absolute Gasteiger partial charge is 0.341 e. The maximum Gasteiger partial charge on any atom is 0.341 e. The van der Waals surface area contributed by atoms with Crippen LogP contribution in [0.15, 0.2) is 71.8 Å². The van der Waals surface area contributed by atoms with E-state index in [0.29, 0.717) is 11.5 Å². The summed E-state index contributed by atoms with van der Waals surface area (Å²) in [6.07, 6.45) is 0.752. The molecule has 0 radical (unpaired) electrons. The van der Waals surface area contributed by atoms with Gasteiger partial charge in [0.25, 0.3) is 5.91 Å². The number of nitrogens with one attached hydrogen (secondary N) is 1. The molecule has 148 valence electrons.